The molecule has 3 nitrogen and oxygen atoms in total. The second kappa shape index (κ2) is 6.58. The summed E-state index contributed by atoms with van der Waals surface area (Å²) in [5.41, 5.74) is 8.03. The highest BCUT2D eigenvalue weighted by molar-refractivity contribution is 5.63. The highest BCUT2D eigenvalue weighted by Gasteiger charge is 2.03. The minimum Gasteiger partial charge on any atom is -0.492 e. The molecule has 0 amide bonds. The average Bonchev–Trinajstić information content (AvgIpc) is 2.47. The zero-order valence-electron chi connectivity index (χ0n) is 10.6. The van der Waals surface area contributed by atoms with Gasteiger partial charge < -0.3 is 10.5 Å². The summed E-state index contributed by atoms with van der Waals surface area (Å²) in [6.07, 6.45) is 0.308. The van der Waals surface area contributed by atoms with Gasteiger partial charge in [0.2, 0.25) is 0 Å². The highest BCUT2D eigenvalue weighted by atomic mass is 16.5. The van der Waals surface area contributed by atoms with E-state index < -0.39 is 0 Å². The summed E-state index contributed by atoms with van der Waals surface area (Å²) in [5.74, 6) is 0.771. The molecule has 2 N–H and O–H groups in total. The smallest absolute Gasteiger partial charge is 0.119 e. The van der Waals surface area contributed by atoms with Gasteiger partial charge in [-0.15, -0.1) is 0 Å². The van der Waals surface area contributed by atoms with Crippen LogP contribution in [0.3, 0.4) is 0 Å². The average molecular weight is 252 g/mol. The predicted octanol–water partition coefficient (Wildman–Crippen LogP) is 2.97. The van der Waals surface area contributed by atoms with E-state index in [4.69, 9.17) is 15.7 Å². The zero-order valence-corrected chi connectivity index (χ0v) is 10.6. The van der Waals surface area contributed by atoms with Crippen LogP contribution in [0.15, 0.2) is 54.6 Å². The fourth-order valence-corrected chi connectivity index (χ4v) is 1.75. The van der Waals surface area contributed by atoms with Gasteiger partial charge in [0.05, 0.1) is 18.5 Å². The van der Waals surface area contributed by atoms with E-state index in [-0.39, 0.29) is 6.04 Å². The number of ether oxygens (including phenoxy) is 1. The van der Waals surface area contributed by atoms with E-state index in [9.17, 15) is 0 Å². The lowest BCUT2D eigenvalue weighted by Gasteiger charge is -2.10. The van der Waals surface area contributed by atoms with Crippen molar-refractivity contribution in [3.8, 4) is 22.9 Å². The van der Waals surface area contributed by atoms with Gasteiger partial charge in [-0.1, -0.05) is 42.5 Å². The third-order valence-electron chi connectivity index (χ3n) is 2.78. The normalized spacial score (nSPS) is 11.6. The van der Waals surface area contributed by atoms with Gasteiger partial charge in [-0.3, -0.25) is 0 Å². The fraction of sp³-hybridized carbons (Fsp3) is 0.188. The lowest BCUT2D eigenvalue weighted by molar-refractivity contribution is 0.290. The number of benzene rings is 2. The number of nitriles is 1. The van der Waals surface area contributed by atoms with Crippen molar-refractivity contribution in [1.29, 1.82) is 5.26 Å². The molecule has 96 valence electrons. The van der Waals surface area contributed by atoms with Gasteiger partial charge in [-0.2, -0.15) is 5.26 Å². The maximum absolute atomic E-state index is 8.51. The monoisotopic (exact) mass is 252 g/mol. The van der Waals surface area contributed by atoms with Gasteiger partial charge in [0, 0.05) is 0 Å². The molecule has 0 spiro atoms. The molecule has 0 heterocycles. The van der Waals surface area contributed by atoms with Crippen molar-refractivity contribution in [3.05, 3.63) is 54.6 Å². The Bertz CT molecular complexity index is 543. The number of hydrogen-bond donors (Lipinski definition) is 1. The Morgan fingerprint density at radius 2 is 1.63 bits per heavy atom. The van der Waals surface area contributed by atoms with Crippen LogP contribution in [0.5, 0.6) is 5.75 Å². The van der Waals surface area contributed by atoms with E-state index in [1.165, 1.54) is 5.56 Å². The minimum atomic E-state index is -0.237. The molecule has 0 bridgehead atoms. The number of nitrogens with two attached hydrogens (primary N) is 1. The van der Waals surface area contributed by atoms with Crippen LogP contribution in [0, 0.1) is 11.3 Å². The van der Waals surface area contributed by atoms with E-state index in [0.717, 1.165) is 11.3 Å². The van der Waals surface area contributed by atoms with Crippen LogP contribution in [0.4, 0.5) is 0 Å². The van der Waals surface area contributed by atoms with Crippen molar-refractivity contribution < 1.29 is 4.74 Å². The molecule has 1 unspecified atom stereocenters. The van der Waals surface area contributed by atoms with Crippen molar-refractivity contribution in [2.45, 2.75) is 12.5 Å². The van der Waals surface area contributed by atoms with Crippen LogP contribution in [-0.2, 0) is 0 Å². The Labute approximate surface area is 113 Å². The Morgan fingerprint density at radius 1 is 1.00 bits per heavy atom. The molecule has 2 rings (SSSR count). The SMILES string of the molecule is N#CCC(N)COc1ccc(-c2ccccc2)cc1. The quantitative estimate of drug-likeness (QED) is 0.890. The van der Waals surface area contributed by atoms with Crippen LogP contribution >= 0.6 is 0 Å². The Morgan fingerprint density at radius 3 is 2.26 bits per heavy atom. The second-order valence-electron chi connectivity index (χ2n) is 4.32. The summed E-state index contributed by atoms with van der Waals surface area (Å²) < 4.78 is 5.54. The first kappa shape index (κ1) is 13.1. The molecule has 0 aliphatic rings. The van der Waals surface area contributed by atoms with Crippen LogP contribution < -0.4 is 10.5 Å². The molecule has 0 fully saturated rings. The van der Waals surface area contributed by atoms with Crippen molar-refractivity contribution in [1.82, 2.24) is 0 Å². The molecule has 0 saturated heterocycles. The molecule has 0 aliphatic heterocycles. The molecule has 0 aromatic heterocycles. The van der Waals surface area contributed by atoms with Crippen molar-refractivity contribution >= 4 is 0 Å². The lowest BCUT2D eigenvalue weighted by atomic mass is 10.1. The summed E-state index contributed by atoms with van der Waals surface area (Å²) in [5, 5.41) is 8.51. The summed E-state index contributed by atoms with van der Waals surface area (Å²) in [4.78, 5) is 0. The molecule has 1 atom stereocenters. The van der Waals surface area contributed by atoms with E-state index in [1.807, 2.05) is 48.5 Å². The zero-order chi connectivity index (χ0) is 13.5. The largest absolute Gasteiger partial charge is 0.492 e. The van der Waals surface area contributed by atoms with Gasteiger partial charge in [-0.05, 0) is 23.3 Å². The predicted molar refractivity (Wildman–Crippen MR) is 75.6 cm³/mol. The lowest BCUT2D eigenvalue weighted by Crippen LogP contribution is -2.27. The first-order valence-electron chi connectivity index (χ1n) is 6.20. The van der Waals surface area contributed by atoms with E-state index in [2.05, 4.69) is 12.1 Å². The molecular weight excluding hydrogens is 236 g/mol. The summed E-state index contributed by atoms with van der Waals surface area (Å²) >= 11 is 0. The topological polar surface area (TPSA) is 59.0 Å². The van der Waals surface area contributed by atoms with Crippen molar-refractivity contribution in [2.75, 3.05) is 6.61 Å². The fourth-order valence-electron chi connectivity index (χ4n) is 1.75. The molecule has 0 aliphatic carbocycles. The van der Waals surface area contributed by atoms with Crippen molar-refractivity contribution in [3.63, 3.8) is 0 Å². The van der Waals surface area contributed by atoms with Crippen LogP contribution in [-0.4, -0.2) is 12.6 Å². The second-order valence-corrected chi connectivity index (χ2v) is 4.32. The van der Waals surface area contributed by atoms with Gasteiger partial charge in [0.1, 0.15) is 12.4 Å². The van der Waals surface area contributed by atoms with Crippen LogP contribution in [0.2, 0.25) is 0 Å². The molecule has 0 saturated carbocycles. The third-order valence-corrected chi connectivity index (χ3v) is 2.78. The minimum absolute atomic E-state index is 0.237. The molecule has 2 aromatic carbocycles. The Hall–Kier alpha value is -2.31. The first-order chi connectivity index (χ1) is 9.29. The summed E-state index contributed by atoms with van der Waals surface area (Å²) in [6, 6.07) is 19.8. The highest BCUT2D eigenvalue weighted by Crippen LogP contribution is 2.22. The van der Waals surface area contributed by atoms with Crippen molar-refractivity contribution in [2.24, 2.45) is 5.73 Å². The number of rotatable bonds is 5. The van der Waals surface area contributed by atoms with Gasteiger partial charge in [0.15, 0.2) is 0 Å². The molecule has 19 heavy (non-hydrogen) atoms. The standard InChI is InChI=1S/C16H16N2O/c17-11-10-15(18)12-19-16-8-6-14(7-9-16)13-4-2-1-3-5-13/h1-9,15H,10,12,18H2. The number of hydrogen-bond acceptors (Lipinski definition) is 3. The first-order valence-corrected chi connectivity index (χ1v) is 6.20. The van der Waals surface area contributed by atoms with Crippen LogP contribution in [0.25, 0.3) is 11.1 Å². The maximum atomic E-state index is 8.51. The molecule has 0 radical (unpaired) electrons. The maximum Gasteiger partial charge on any atom is 0.119 e. The van der Waals surface area contributed by atoms with E-state index in [1.54, 1.807) is 0 Å². The molecule has 2 aromatic rings. The van der Waals surface area contributed by atoms with Gasteiger partial charge >= 0.3 is 0 Å². The third kappa shape index (κ3) is 3.84. The van der Waals surface area contributed by atoms with Crippen LogP contribution in [0.1, 0.15) is 6.42 Å². The molecule has 3 heteroatoms. The van der Waals surface area contributed by atoms with E-state index in [0.29, 0.717) is 13.0 Å². The Kier molecular flexibility index (Phi) is 4.54. The summed E-state index contributed by atoms with van der Waals surface area (Å²) in [6.45, 7) is 0.359. The van der Waals surface area contributed by atoms with E-state index >= 15 is 0 Å². The van der Waals surface area contributed by atoms with Gasteiger partial charge in [0.25, 0.3) is 0 Å². The molecular formula is C16H16N2O. The van der Waals surface area contributed by atoms with Gasteiger partial charge in [-0.25, -0.2) is 0 Å². The Balaban J connectivity index is 1.98. The number of nitrogens with zero attached hydrogens (tertiary/aromatic N) is 1. The summed E-state index contributed by atoms with van der Waals surface area (Å²) in [7, 11) is 0.